The van der Waals surface area contributed by atoms with E-state index in [0.717, 1.165) is 18.4 Å². The van der Waals surface area contributed by atoms with Crippen LogP contribution in [0.3, 0.4) is 0 Å². The minimum absolute atomic E-state index is 0.00890. The molecule has 158 valence electrons. The number of benzene rings is 1. The van der Waals surface area contributed by atoms with Crippen molar-refractivity contribution in [3.63, 3.8) is 0 Å². The Balaban J connectivity index is 1.82. The third kappa shape index (κ3) is 7.04. The van der Waals surface area contributed by atoms with Gasteiger partial charge in [-0.2, -0.15) is 0 Å². The van der Waals surface area contributed by atoms with Crippen LogP contribution in [0.4, 0.5) is 0 Å². The van der Waals surface area contributed by atoms with Crippen molar-refractivity contribution in [3.8, 4) is 5.75 Å². The third-order valence-electron chi connectivity index (χ3n) is 5.36. The number of likely N-dealkylation sites (tertiary alicyclic amines) is 1. The zero-order chi connectivity index (χ0) is 21.6. The lowest BCUT2D eigenvalue weighted by Crippen LogP contribution is -2.41. The van der Waals surface area contributed by atoms with E-state index in [1.807, 2.05) is 11.8 Å². The number of nitrogens with one attached hydrogen (secondary N) is 1. The van der Waals surface area contributed by atoms with Crippen LogP contribution in [0.25, 0.3) is 0 Å². The highest BCUT2D eigenvalue weighted by Gasteiger charge is 2.23. The molecule has 0 radical (unpaired) electrons. The minimum atomic E-state index is -0.420. The van der Waals surface area contributed by atoms with Gasteiger partial charge in [-0.15, -0.1) is 0 Å². The molecule has 6 nitrogen and oxygen atoms in total. The molecule has 1 N–H and O–H groups in total. The Morgan fingerprint density at radius 1 is 1.17 bits per heavy atom. The van der Waals surface area contributed by atoms with E-state index in [9.17, 15) is 14.4 Å². The molecule has 0 saturated carbocycles. The van der Waals surface area contributed by atoms with Crippen molar-refractivity contribution >= 4 is 17.8 Å². The molecule has 1 aromatic carbocycles. The second kappa shape index (κ2) is 9.72. The normalized spacial score (nSPS) is 15.8. The molecule has 1 saturated heterocycles. The Bertz CT molecular complexity index is 784. The Morgan fingerprint density at radius 3 is 2.41 bits per heavy atom. The third-order valence-corrected chi connectivity index (χ3v) is 5.36. The van der Waals surface area contributed by atoms with Gasteiger partial charge in [0.25, 0.3) is 5.91 Å². The zero-order valence-corrected chi connectivity index (χ0v) is 18.1. The van der Waals surface area contributed by atoms with Crippen LogP contribution in [-0.4, -0.2) is 42.3 Å². The lowest BCUT2D eigenvalue weighted by molar-refractivity contribution is -0.132. The fraction of sp³-hybridized carbons (Fsp3) is 0.522. The van der Waals surface area contributed by atoms with E-state index in [1.54, 1.807) is 30.3 Å². The summed E-state index contributed by atoms with van der Waals surface area (Å²) in [5.74, 6) is 0.155. The molecule has 1 aliphatic rings. The van der Waals surface area contributed by atoms with Gasteiger partial charge in [0.2, 0.25) is 5.91 Å². The molecule has 0 unspecified atom stereocenters. The lowest BCUT2D eigenvalue weighted by atomic mass is 9.87. The van der Waals surface area contributed by atoms with Gasteiger partial charge in [-0.25, -0.2) is 0 Å². The Morgan fingerprint density at radius 2 is 1.83 bits per heavy atom. The fourth-order valence-electron chi connectivity index (χ4n) is 3.06. The van der Waals surface area contributed by atoms with Crippen molar-refractivity contribution in [1.82, 2.24) is 10.2 Å². The highest BCUT2D eigenvalue weighted by atomic mass is 16.5. The quantitative estimate of drug-likeness (QED) is 0.466. The number of ether oxygens (including phenoxy) is 1. The average Bonchev–Trinajstić information content (AvgIpc) is 2.65. The summed E-state index contributed by atoms with van der Waals surface area (Å²) in [6, 6.07) is 6.57. The molecule has 2 rings (SSSR count). The SMILES string of the molecule is CC(=O)Oc1cccc(C(=O)NCC2CCN(C(=O)/C=C(\C)C(C)(C)C)CC2)c1. The van der Waals surface area contributed by atoms with Crippen LogP contribution < -0.4 is 10.1 Å². The first-order valence-corrected chi connectivity index (χ1v) is 10.1. The van der Waals surface area contributed by atoms with E-state index in [0.29, 0.717) is 36.9 Å². The summed E-state index contributed by atoms with van der Waals surface area (Å²) in [4.78, 5) is 37.8. The van der Waals surface area contributed by atoms with Crippen LogP contribution in [0.2, 0.25) is 0 Å². The smallest absolute Gasteiger partial charge is 0.308 e. The molecular formula is C23H32N2O4. The number of piperidine rings is 1. The standard InChI is InChI=1S/C23H32N2O4/c1-16(23(3,4)5)13-21(27)25-11-9-18(10-12-25)15-24-22(28)19-7-6-8-20(14-19)29-17(2)26/h6-8,13-14,18H,9-12,15H2,1-5H3,(H,24,28)/b16-13+. The summed E-state index contributed by atoms with van der Waals surface area (Å²) in [5, 5.41) is 2.95. The van der Waals surface area contributed by atoms with Crippen LogP contribution in [0, 0.1) is 11.3 Å². The second-order valence-corrected chi connectivity index (χ2v) is 8.68. The van der Waals surface area contributed by atoms with Gasteiger partial charge < -0.3 is 15.0 Å². The second-order valence-electron chi connectivity index (χ2n) is 8.68. The van der Waals surface area contributed by atoms with E-state index in [-0.39, 0.29) is 17.2 Å². The molecule has 0 spiro atoms. The Labute approximate surface area is 173 Å². The van der Waals surface area contributed by atoms with E-state index < -0.39 is 5.97 Å². The van der Waals surface area contributed by atoms with Gasteiger partial charge in [0, 0.05) is 38.2 Å². The van der Waals surface area contributed by atoms with Crippen molar-refractivity contribution in [1.29, 1.82) is 0 Å². The molecule has 2 amide bonds. The maximum atomic E-state index is 12.5. The van der Waals surface area contributed by atoms with Crippen LogP contribution in [0.5, 0.6) is 5.75 Å². The molecule has 0 aromatic heterocycles. The van der Waals surface area contributed by atoms with E-state index in [2.05, 4.69) is 26.1 Å². The monoisotopic (exact) mass is 400 g/mol. The highest BCUT2D eigenvalue weighted by molar-refractivity contribution is 5.94. The Kier molecular flexibility index (Phi) is 7.59. The number of amides is 2. The summed E-state index contributed by atoms with van der Waals surface area (Å²) in [5.41, 5.74) is 1.53. The van der Waals surface area contributed by atoms with E-state index >= 15 is 0 Å². The van der Waals surface area contributed by atoms with Crippen molar-refractivity contribution in [2.24, 2.45) is 11.3 Å². The van der Waals surface area contributed by atoms with Gasteiger partial charge >= 0.3 is 5.97 Å². The van der Waals surface area contributed by atoms with Crippen molar-refractivity contribution in [3.05, 3.63) is 41.5 Å². The van der Waals surface area contributed by atoms with Gasteiger partial charge in [-0.3, -0.25) is 14.4 Å². The first-order chi connectivity index (χ1) is 13.6. The molecule has 1 fully saturated rings. The van der Waals surface area contributed by atoms with Gasteiger partial charge in [0.15, 0.2) is 0 Å². The summed E-state index contributed by atoms with van der Waals surface area (Å²) in [6.07, 6.45) is 3.47. The van der Waals surface area contributed by atoms with E-state index in [1.165, 1.54) is 6.92 Å². The van der Waals surface area contributed by atoms with Crippen LogP contribution >= 0.6 is 0 Å². The number of esters is 1. The predicted octanol–water partition coefficient (Wildman–Crippen LogP) is 3.57. The van der Waals surface area contributed by atoms with Gasteiger partial charge in [0.05, 0.1) is 0 Å². The van der Waals surface area contributed by atoms with E-state index in [4.69, 9.17) is 4.74 Å². The molecule has 0 atom stereocenters. The number of nitrogens with zero attached hydrogens (tertiary/aromatic N) is 1. The molecule has 1 aromatic rings. The minimum Gasteiger partial charge on any atom is -0.427 e. The lowest BCUT2D eigenvalue weighted by Gasteiger charge is -2.32. The maximum absolute atomic E-state index is 12.5. The Hall–Kier alpha value is -2.63. The van der Waals surface area contributed by atoms with Crippen molar-refractivity contribution < 1.29 is 19.1 Å². The summed E-state index contributed by atoms with van der Waals surface area (Å²) < 4.78 is 5.02. The average molecular weight is 401 g/mol. The highest BCUT2D eigenvalue weighted by Crippen LogP contribution is 2.25. The molecule has 1 aliphatic heterocycles. The number of rotatable bonds is 5. The molecule has 29 heavy (non-hydrogen) atoms. The van der Waals surface area contributed by atoms with Crippen LogP contribution in [0.15, 0.2) is 35.9 Å². The maximum Gasteiger partial charge on any atom is 0.308 e. The van der Waals surface area contributed by atoms with Crippen LogP contribution in [-0.2, 0) is 9.59 Å². The summed E-state index contributed by atoms with van der Waals surface area (Å²) in [7, 11) is 0. The molecule has 0 bridgehead atoms. The topological polar surface area (TPSA) is 75.7 Å². The molecular weight excluding hydrogens is 368 g/mol. The number of hydrogen-bond donors (Lipinski definition) is 1. The zero-order valence-electron chi connectivity index (χ0n) is 18.1. The summed E-state index contributed by atoms with van der Waals surface area (Å²) >= 11 is 0. The van der Waals surface area contributed by atoms with Crippen molar-refractivity contribution in [2.45, 2.75) is 47.5 Å². The van der Waals surface area contributed by atoms with Gasteiger partial charge in [-0.05, 0) is 49.3 Å². The first-order valence-electron chi connectivity index (χ1n) is 10.1. The molecule has 0 aliphatic carbocycles. The summed E-state index contributed by atoms with van der Waals surface area (Å²) in [6.45, 7) is 11.6. The van der Waals surface area contributed by atoms with Crippen LogP contribution in [0.1, 0.15) is 57.8 Å². The first kappa shape index (κ1) is 22.7. The molecule has 6 heteroatoms. The predicted molar refractivity (Wildman–Crippen MR) is 113 cm³/mol. The van der Waals surface area contributed by atoms with Gasteiger partial charge in [0.1, 0.15) is 5.75 Å². The number of hydrogen-bond acceptors (Lipinski definition) is 4. The molecule has 1 heterocycles. The number of allylic oxidation sites excluding steroid dienone is 1. The number of carbonyl (C=O) groups is 3. The van der Waals surface area contributed by atoms with Gasteiger partial charge in [-0.1, -0.05) is 32.4 Å². The number of carbonyl (C=O) groups excluding carboxylic acids is 3. The largest absolute Gasteiger partial charge is 0.427 e. The van der Waals surface area contributed by atoms with Crippen molar-refractivity contribution in [2.75, 3.05) is 19.6 Å². The fourth-order valence-corrected chi connectivity index (χ4v) is 3.06.